The van der Waals surface area contributed by atoms with Gasteiger partial charge in [0, 0.05) is 6.42 Å². The number of carbonyl (C=O) groups excluding carboxylic acids is 1. The molecule has 3 saturated carbocycles. The van der Waals surface area contributed by atoms with Crippen LogP contribution in [-0.4, -0.2) is 17.0 Å². The third-order valence-corrected chi connectivity index (χ3v) is 7.94. The first-order valence-electron chi connectivity index (χ1n) is 9.46. The summed E-state index contributed by atoms with van der Waals surface area (Å²) in [7, 11) is 0. The Morgan fingerprint density at radius 3 is 2.86 bits per heavy atom. The van der Waals surface area contributed by atoms with Crippen LogP contribution in [0.2, 0.25) is 0 Å². The summed E-state index contributed by atoms with van der Waals surface area (Å²) in [6.45, 7) is 4.68. The normalized spacial score (nSPS) is 50.9. The molecule has 0 saturated heterocycles. The van der Waals surface area contributed by atoms with Crippen molar-refractivity contribution in [2.75, 3.05) is 0 Å². The van der Waals surface area contributed by atoms with E-state index in [1.807, 2.05) is 6.08 Å². The topological polar surface area (TPSA) is 37.3 Å². The van der Waals surface area contributed by atoms with Gasteiger partial charge in [0.2, 0.25) is 0 Å². The Labute approximate surface area is 134 Å². The van der Waals surface area contributed by atoms with Crippen molar-refractivity contribution in [1.29, 1.82) is 0 Å². The Morgan fingerprint density at radius 2 is 2.09 bits per heavy atom. The molecule has 4 rings (SSSR count). The van der Waals surface area contributed by atoms with E-state index in [1.54, 1.807) is 0 Å². The third-order valence-electron chi connectivity index (χ3n) is 7.94. The molecule has 7 atom stereocenters. The number of hydrogen-bond donors (Lipinski definition) is 1. The van der Waals surface area contributed by atoms with Gasteiger partial charge in [-0.2, -0.15) is 0 Å². The zero-order chi connectivity index (χ0) is 15.5. The molecule has 3 fully saturated rings. The van der Waals surface area contributed by atoms with Gasteiger partial charge < -0.3 is 5.11 Å². The van der Waals surface area contributed by atoms with Crippen LogP contribution in [-0.2, 0) is 4.79 Å². The predicted octanol–water partition coefficient (Wildman–Crippen LogP) is 4.13. The number of aliphatic hydroxyl groups is 1. The van der Waals surface area contributed by atoms with Crippen molar-refractivity contribution in [1.82, 2.24) is 0 Å². The SMILES string of the molecule is CC[C@@H]1CC2=CC(=O)CCC2C2CC[C@@]3(C)C(CC[C@@H]3O)C21. The molecule has 0 amide bonds. The molecule has 0 aromatic heterocycles. The Hall–Kier alpha value is -0.630. The lowest BCUT2D eigenvalue weighted by Crippen LogP contribution is -2.50. The monoisotopic (exact) mass is 302 g/mol. The second-order valence-corrected chi connectivity index (χ2v) is 8.69. The van der Waals surface area contributed by atoms with E-state index in [4.69, 9.17) is 0 Å². The third kappa shape index (κ3) is 1.99. The number of allylic oxidation sites excluding steroid dienone is 1. The molecule has 4 unspecified atom stereocenters. The van der Waals surface area contributed by atoms with Gasteiger partial charge in [0.05, 0.1) is 6.10 Å². The lowest BCUT2D eigenvalue weighted by atomic mass is 9.49. The highest BCUT2D eigenvalue weighted by Gasteiger charge is 2.57. The van der Waals surface area contributed by atoms with E-state index in [0.717, 1.165) is 43.4 Å². The number of ketones is 1. The zero-order valence-electron chi connectivity index (χ0n) is 14.1. The first kappa shape index (κ1) is 14.9. The van der Waals surface area contributed by atoms with Crippen molar-refractivity contribution < 1.29 is 9.90 Å². The van der Waals surface area contributed by atoms with E-state index in [1.165, 1.54) is 31.3 Å². The molecule has 0 spiro atoms. The fourth-order valence-corrected chi connectivity index (χ4v) is 6.77. The quantitative estimate of drug-likeness (QED) is 0.791. The first-order chi connectivity index (χ1) is 10.5. The minimum absolute atomic E-state index is 0.0826. The van der Waals surface area contributed by atoms with E-state index in [9.17, 15) is 9.90 Å². The van der Waals surface area contributed by atoms with Gasteiger partial charge in [0.1, 0.15) is 0 Å². The van der Waals surface area contributed by atoms with Crippen LogP contribution >= 0.6 is 0 Å². The fourth-order valence-electron chi connectivity index (χ4n) is 6.77. The lowest BCUT2D eigenvalue weighted by molar-refractivity contribution is -0.116. The molecule has 0 heterocycles. The number of rotatable bonds is 1. The highest BCUT2D eigenvalue weighted by Crippen LogP contribution is 2.63. The average molecular weight is 302 g/mol. The molecule has 4 aliphatic carbocycles. The summed E-state index contributed by atoms with van der Waals surface area (Å²) in [5.74, 6) is 4.04. The van der Waals surface area contributed by atoms with Crippen LogP contribution in [0.25, 0.3) is 0 Å². The van der Waals surface area contributed by atoms with E-state index in [-0.39, 0.29) is 11.5 Å². The maximum atomic E-state index is 11.8. The minimum atomic E-state index is -0.0826. The van der Waals surface area contributed by atoms with Crippen molar-refractivity contribution >= 4 is 5.78 Å². The van der Waals surface area contributed by atoms with Crippen LogP contribution in [0.4, 0.5) is 0 Å². The van der Waals surface area contributed by atoms with Crippen molar-refractivity contribution in [2.45, 2.75) is 71.3 Å². The summed E-state index contributed by atoms with van der Waals surface area (Å²) in [6.07, 6.45) is 10.8. The second-order valence-electron chi connectivity index (χ2n) is 8.69. The van der Waals surface area contributed by atoms with E-state index in [0.29, 0.717) is 17.6 Å². The van der Waals surface area contributed by atoms with Gasteiger partial charge in [-0.25, -0.2) is 0 Å². The lowest BCUT2D eigenvalue weighted by Gasteiger charge is -2.56. The van der Waals surface area contributed by atoms with Crippen molar-refractivity contribution in [3.05, 3.63) is 11.6 Å². The van der Waals surface area contributed by atoms with Crippen molar-refractivity contribution in [3.8, 4) is 0 Å². The summed E-state index contributed by atoms with van der Waals surface area (Å²) in [5, 5.41) is 10.5. The number of carbonyl (C=O) groups is 1. The van der Waals surface area contributed by atoms with Gasteiger partial charge in [0.25, 0.3) is 0 Å². The minimum Gasteiger partial charge on any atom is -0.393 e. The molecule has 22 heavy (non-hydrogen) atoms. The van der Waals surface area contributed by atoms with Crippen molar-refractivity contribution in [2.24, 2.45) is 35.0 Å². The molecule has 4 aliphatic rings. The molecule has 2 heteroatoms. The standard InChI is InChI=1S/C20H30O2/c1-3-12-10-13-11-14(21)4-5-15(13)16-8-9-20(2)17(19(12)16)6-7-18(20)22/h11-12,15-19,22H,3-10H2,1-2H3/t12-,15?,16?,17?,18+,19?,20+/m1/s1. The Morgan fingerprint density at radius 1 is 1.27 bits per heavy atom. The van der Waals surface area contributed by atoms with Crippen LogP contribution in [0, 0.1) is 35.0 Å². The molecule has 0 radical (unpaired) electrons. The Kier molecular flexibility index (Phi) is 3.52. The molecular formula is C20H30O2. The predicted molar refractivity (Wildman–Crippen MR) is 87.3 cm³/mol. The largest absolute Gasteiger partial charge is 0.393 e. The first-order valence-corrected chi connectivity index (χ1v) is 9.46. The van der Waals surface area contributed by atoms with Gasteiger partial charge in [-0.1, -0.05) is 25.8 Å². The van der Waals surface area contributed by atoms with E-state index in [2.05, 4.69) is 13.8 Å². The molecule has 0 aromatic carbocycles. The summed E-state index contributed by atoms with van der Waals surface area (Å²) >= 11 is 0. The molecular weight excluding hydrogens is 272 g/mol. The average Bonchev–Trinajstić information content (AvgIpc) is 2.81. The highest BCUT2D eigenvalue weighted by molar-refractivity contribution is 5.91. The van der Waals surface area contributed by atoms with Crippen LogP contribution in [0.3, 0.4) is 0 Å². The molecule has 0 aliphatic heterocycles. The number of aliphatic hydroxyl groups excluding tert-OH is 1. The van der Waals surface area contributed by atoms with Crippen LogP contribution in [0.5, 0.6) is 0 Å². The fraction of sp³-hybridized carbons (Fsp3) is 0.850. The smallest absolute Gasteiger partial charge is 0.155 e. The zero-order valence-corrected chi connectivity index (χ0v) is 14.1. The Balaban J connectivity index is 1.70. The summed E-state index contributed by atoms with van der Waals surface area (Å²) in [5.41, 5.74) is 1.65. The second kappa shape index (κ2) is 5.19. The maximum absolute atomic E-state index is 11.8. The number of hydrogen-bond acceptors (Lipinski definition) is 2. The molecule has 1 N–H and O–H groups in total. The molecule has 0 bridgehead atoms. The summed E-state index contributed by atoms with van der Waals surface area (Å²) in [4.78, 5) is 11.8. The van der Waals surface area contributed by atoms with Gasteiger partial charge in [-0.05, 0) is 79.6 Å². The van der Waals surface area contributed by atoms with Crippen LogP contribution in [0.1, 0.15) is 65.2 Å². The Bertz CT molecular complexity index is 508. The van der Waals surface area contributed by atoms with Gasteiger partial charge in [0.15, 0.2) is 5.78 Å². The molecule has 2 nitrogen and oxygen atoms in total. The molecule has 0 aromatic rings. The van der Waals surface area contributed by atoms with Gasteiger partial charge >= 0.3 is 0 Å². The van der Waals surface area contributed by atoms with Crippen LogP contribution in [0.15, 0.2) is 11.6 Å². The summed E-state index contributed by atoms with van der Waals surface area (Å²) in [6, 6.07) is 0. The van der Waals surface area contributed by atoms with E-state index < -0.39 is 0 Å². The maximum Gasteiger partial charge on any atom is 0.155 e. The molecule has 122 valence electrons. The highest BCUT2D eigenvalue weighted by atomic mass is 16.3. The van der Waals surface area contributed by atoms with Gasteiger partial charge in [-0.3, -0.25) is 4.79 Å². The summed E-state index contributed by atoms with van der Waals surface area (Å²) < 4.78 is 0. The number of fused-ring (bicyclic) bond motifs is 5. The van der Waals surface area contributed by atoms with Crippen molar-refractivity contribution in [3.63, 3.8) is 0 Å². The van der Waals surface area contributed by atoms with Crippen LogP contribution < -0.4 is 0 Å². The van der Waals surface area contributed by atoms with E-state index >= 15 is 0 Å². The van der Waals surface area contributed by atoms with Gasteiger partial charge in [-0.15, -0.1) is 0 Å².